The molecule has 1 atom stereocenters. The fourth-order valence-electron chi connectivity index (χ4n) is 2.08. The van der Waals surface area contributed by atoms with Gasteiger partial charge < -0.3 is 16.2 Å². The molecule has 0 heterocycles. The lowest BCUT2D eigenvalue weighted by Gasteiger charge is -2.21. The van der Waals surface area contributed by atoms with Crippen molar-refractivity contribution in [2.24, 2.45) is 11.7 Å². The summed E-state index contributed by atoms with van der Waals surface area (Å²) >= 11 is 0. The van der Waals surface area contributed by atoms with Crippen molar-refractivity contribution in [2.75, 3.05) is 13.1 Å². The maximum Gasteiger partial charge on any atom is 0.320 e. The van der Waals surface area contributed by atoms with Gasteiger partial charge in [0.05, 0.1) is 0 Å². The minimum Gasteiger partial charge on any atom is -0.480 e. The van der Waals surface area contributed by atoms with Crippen LogP contribution in [-0.4, -0.2) is 30.2 Å². The van der Waals surface area contributed by atoms with Crippen molar-refractivity contribution >= 4 is 5.97 Å². The first-order chi connectivity index (χ1) is 7.20. The van der Waals surface area contributed by atoms with E-state index in [0.717, 1.165) is 12.5 Å². The zero-order valence-electron chi connectivity index (χ0n) is 9.24. The third kappa shape index (κ3) is 5.14. The molecule has 0 spiro atoms. The summed E-state index contributed by atoms with van der Waals surface area (Å²) in [6.07, 6.45) is 7.22. The molecule has 0 bridgehead atoms. The number of carboxylic acid groups (broad SMARTS) is 1. The third-order valence-electron chi connectivity index (χ3n) is 3.11. The summed E-state index contributed by atoms with van der Waals surface area (Å²) in [6.45, 7) is 1.73. The number of nitrogens with two attached hydrogens (primary N) is 1. The van der Waals surface area contributed by atoms with Crippen LogP contribution >= 0.6 is 0 Å². The SMILES string of the molecule is NC(CCNCC1CCCCC1)C(=O)O. The smallest absolute Gasteiger partial charge is 0.320 e. The quantitative estimate of drug-likeness (QED) is 0.576. The molecule has 0 aromatic rings. The number of nitrogens with one attached hydrogen (secondary N) is 1. The summed E-state index contributed by atoms with van der Waals surface area (Å²) in [4.78, 5) is 10.4. The number of carbonyl (C=O) groups is 1. The second-order valence-corrected chi connectivity index (χ2v) is 4.44. The van der Waals surface area contributed by atoms with Crippen molar-refractivity contribution in [3.8, 4) is 0 Å². The van der Waals surface area contributed by atoms with E-state index in [1.807, 2.05) is 0 Å². The first kappa shape index (κ1) is 12.5. The standard InChI is InChI=1S/C11H22N2O2/c12-10(11(14)15)6-7-13-8-9-4-2-1-3-5-9/h9-10,13H,1-8,12H2,(H,14,15). The first-order valence-electron chi connectivity index (χ1n) is 5.89. The lowest BCUT2D eigenvalue weighted by molar-refractivity contribution is -0.138. The summed E-state index contributed by atoms with van der Waals surface area (Å²) in [6, 6.07) is -0.719. The largest absolute Gasteiger partial charge is 0.480 e. The van der Waals surface area contributed by atoms with E-state index in [2.05, 4.69) is 5.32 Å². The maximum absolute atomic E-state index is 10.4. The molecule has 1 saturated carbocycles. The van der Waals surface area contributed by atoms with Gasteiger partial charge in [0.1, 0.15) is 6.04 Å². The Bertz CT molecular complexity index is 191. The number of hydrogen-bond donors (Lipinski definition) is 3. The Morgan fingerprint density at radius 2 is 2.07 bits per heavy atom. The predicted octanol–water partition coefficient (Wildman–Crippen LogP) is 0.958. The zero-order chi connectivity index (χ0) is 11.1. The Morgan fingerprint density at radius 1 is 1.40 bits per heavy atom. The number of rotatable bonds is 6. The Labute approximate surface area is 91.2 Å². The van der Waals surface area contributed by atoms with Crippen molar-refractivity contribution < 1.29 is 9.90 Å². The van der Waals surface area contributed by atoms with E-state index in [-0.39, 0.29) is 0 Å². The molecule has 1 aliphatic rings. The molecular weight excluding hydrogens is 192 g/mol. The highest BCUT2D eigenvalue weighted by Gasteiger charge is 2.14. The first-order valence-corrected chi connectivity index (χ1v) is 5.89. The van der Waals surface area contributed by atoms with Gasteiger partial charge in [0.2, 0.25) is 0 Å². The van der Waals surface area contributed by atoms with Crippen LogP contribution in [0.4, 0.5) is 0 Å². The third-order valence-corrected chi connectivity index (χ3v) is 3.11. The van der Waals surface area contributed by atoms with Crippen LogP contribution in [-0.2, 0) is 4.79 Å². The minimum absolute atomic E-state index is 0.516. The van der Waals surface area contributed by atoms with Gasteiger partial charge in [-0.25, -0.2) is 0 Å². The van der Waals surface area contributed by atoms with E-state index in [0.29, 0.717) is 13.0 Å². The average molecular weight is 214 g/mol. The summed E-state index contributed by atoms with van der Waals surface area (Å²) in [5, 5.41) is 11.9. The number of aliphatic carboxylic acids is 1. The van der Waals surface area contributed by atoms with Crippen molar-refractivity contribution in [2.45, 2.75) is 44.6 Å². The monoisotopic (exact) mass is 214 g/mol. The molecule has 0 radical (unpaired) electrons. The van der Waals surface area contributed by atoms with Gasteiger partial charge in [-0.15, -0.1) is 0 Å². The van der Waals surface area contributed by atoms with Crippen LogP contribution in [0.2, 0.25) is 0 Å². The fourth-order valence-corrected chi connectivity index (χ4v) is 2.08. The topological polar surface area (TPSA) is 75.3 Å². The fraction of sp³-hybridized carbons (Fsp3) is 0.909. The molecule has 1 fully saturated rings. The molecule has 88 valence electrons. The molecule has 0 amide bonds. The second-order valence-electron chi connectivity index (χ2n) is 4.44. The van der Waals surface area contributed by atoms with E-state index in [1.54, 1.807) is 0 Å². The van der Waals surface area contributed by atoms with Gasteiger partial charge >= 0.3 is 5.97 Å². The van der Waals surface area contributed by atoms with Crippen molar-refractivity contribution in [3.63, 3.8) is 0 Å². The lowest BCUT2D eigenvalue weighted by Crippen LogP contribution is -2.35. The molecule has 4 N–H and O–H groups in total. The minimum atomic E-state index is -0.908. The predicted molar refractivity (Wildman–Crippen MR) is 59.7 cm³/mol. The van der Waals surface area contributed by atoms with Crippen LogP contribution in [0.25, 0.3) is 0 Å². The summed E-state index contributed by atoms with van der Waals surface area (Å²) in [5.41, 5.74) is 5.40. The van der Waals surface area contributed by atoms with Gasteiger partial charge in [0.15, 0.2) is 0 Å². The van der Waals surface area contributed by atoms with E-state index >= 15 is 0 Å². The summed E-state index contributed by atoms with van der Waals surface area (Å²) in [5.74, 6) is -0.116. The van der Waals surface area contributed by atoms with Crippen LogP contribution in [0.1, 0.15) is 38.5 Å². The van der Waals surface area contributed by atoms with Crippen LogP contribution in [0, 0.1) is 5.92 Å². The summed E-state index contributed by atoms with van der Waals surface area (Å²) in [7, 11) is 0. The van der Waals surface area contributed by atoms with Gasteiger partial charge in [0.25, 0.3) is 0 Å². The Balaban J connectivity index is 1.98. The van der Waals surface area contributed by atoms with E-state index in [4.69, 9.17) is 10.8 Å². The van der Waals surface area contributed by atoms with Gasteiger partial charge in [-0.05, 0) is 38.3 Å². The molecule has 4 heteroatoms. The second kappa shape index (κ2) is 6.80. The number of hydrogen-bond acceptors (Lipinski definition) is 3. The molecule has 0 saturated heterocycles. The van der Waals surface area contributed by atoms with Crippen molar-refractivity contribution in [1.82, 2.24) is 5.32 Å². The Morgan fingerprint density at radius 3 is 2.67 bits per heavy atom. The highest BCUT2D eigenvalue weighted by Crippen LogP contribution is 2.22. The molecule has 0 aliphatic heterocycles. The van der Waals surface area contributed by atoms with Gasteiger partial charge in [-0.1, -0.05) is 19.3 Å². The highest BCUT2D eigenvalue weighted by molar-refractivity contribution is 5.72. The van der Waals surface area contributed by atoms with Crippen molar-refractivity contribution in [1.29, 1.82) is 0 Å². The molecule has 0 aromatic heterocycles. The van der Waals surface area contributed by atoms with E-state index in [9.17, 15) is 4.79 Å². The van der Waals surface area contributed by atoms with Gasteiger partial charge in [-0.3, -0.25) is 4.79 Å². The summed E-state index contributed by atoms with van der Waals surface area (Å²) < 4.78 is 0. The van der Waals surface area contributed by atoms with Gasteiger partial charge in [-0.2, -0.15) is 0 Å². The van der Waals surface area contributed by atoms with Crippen LogP contribution in [0.3, 0.4) is 0 Å². The molecule has 1 unspecified atom stereocenters. The van der Waals surface area contributed by atoms with Gasteiger partial charge in [0, 0.05) is 0 Å². The van der Waals surface area contributed by atoms with E-state index in [1.165, 1.54) is 32.1 Å². The zero-order valence-corrected chi connectivity index (χ0v) is 9.24. The normalized spacial score (nSPS) is 20.1. The van der Waals surface area contributed by atoms with Crippen molar-refractivity contribution in [3.05, 3.63) is 0 Å². The molecule has 15 heavy (non-hydrogen) atoms. The van der Waals surface area contributed by atoms with E-state index < -0.39 is 12.0 Å². The Kier molecular flexibility index (Phi) is 5.65. The number of carboxylic acids is 1. The van der Waals surface area contributed by atoms with Crippen LogP contribution in [0.5, 0.6) is 0 Å². The Hall–Kier alpha value is -0.610. The lowest BCUT2D eigenvalue weighted by atomic mass is 9.89. The molecule has 4 nitrogen and oxygen atoms in total. The van der Waals surface area contributed by atoms with Crippen LogP contribution < -0.4 is 11.1 Å². The molecule has 1 rings (SSSR count). The molecular formula is C11H22N2O2. The molecule has 1 aliphatic carbocycles. The highest BCUT2D eigenvalue weighted by atomic mass is 16.4. The molecule has 0 aromatic carbocycles. The average Bonchev–Trinajstić information content (AvgIpc) is 2.25. The maximum atomic E-state index is 10.4. The van der Waals surface area contributed by atoms with Crippen LogP contribution in [0.15, 0.2) is 0 Å².